The Labute approximate surface area is 103 Å². The minimum atomic E-state index is 0.531. The van der Waals surface area contributed by atoms with Crippen molar-refractivity contribution in [3.63, 3.8) is 0 Å². The predicted octanol–water partition coefficient (Wildman–Crippen LogP) is 3.07. The van der Waals surface area contributed by atoms with E-state index in [1.807, 2.05) is 0 Å². The third-order valence-electron chi connectivity index (χ3n) is 4.25. The molecule has 1 unspecified atom stereocenters. The Morgan fingerprint density at radius 2 is 2.12 bits per heavy atom. The maximum absolute atomic E-state index is 5.57. The Morgan fingerprint density at radius 1 is 1.29 bits per heavy atom. The van der Waals surface area contributed by atoms with Crippen molar-refractivity contribution in [1.82, 2.24) is 5.32 Å². The summed E-state index contributed by atoms with van der Waals surface area (Å²) in [5.41, 5.74) is 2.84. The summed E-state index contributed by atoms with van der Waals surface area (Å²) in [5, 5.41) is 3.51. The zero-order valence-corrected chi connectivity index (χ0v) is 10.5. The molecule has 2 heteroatoms. The molecule has 1 aromatic carbocycles. The lowest BCUT2D eigenvalue weighted by molar-refractivity contribution is 0.356. The van der Waals surface area contributed by atoms with Gasteiger partial charge in [-0.05, 0) is 43.0 Å². The number of hydrogen-bond acceptors (Lipinski definition) is 2. The number of hydrogen-bond donors (Lipinski definition) is 1. The molecule has 92 valence electrons. The van der Waals surface area contributed by atoms with E-state index in [-0.39, 0.29) is 0 Å². The van der Waals surface area contributed by atoms with E-state index < -0.39 is 0 Å². The molecule has 1 N–H and O–H groups in total. The van der Waals surface area contributed by atoms with Crippen LogP contribution in [0.2, 0.25) is 0 Å². The van der Waals surface area contributed by atoms with Crippen LogP contribution in [0, 0.1) is 5.92 Å². The molecule has 1 heterocycles. The molecule has 1 atom stereocenters. The molecule has 1 aliphatic carbocycles. The van der Waals surface area contributed by atoms with Crippen molar-refractivity contribution in [1.29, 1.82) is 0 Å². The third-order valence-corrected chi connectivity index (χ3v) is 4.25. The van der Waals surface area contributed by atoms with E-state index in [0.717, 1.165) is 24.7 Å². The molecule has 0 radical (unpaired) electrons. The van der Waals surface area contributed by atoms with Gasteiger partial charge in [0.15, 0.2) is 0 Å². The van der Waals surface area contributed by atoms with Crippen LogP contribution in [0.3, 0.4) is 0 Å². The van der Waals surface area contributed by atoms with Crippen LogP contribution in [0.25, 0.3) is 0 Å². The maximum atomic E-state index is 5.57. The SMILES string of the molecule is CNC(c1ccc2c(c1)CCO2)C1CCCC1. The number of rotatable bonds is 3. The molecule has 1 fully saturated rings. The van der Waals surface area contributed by atoms with Crippen molar-refractivity contribution < 1.29 is 4.74 Å². The average molecular weight is 231 g/mol. The minimum absolute atomic E-state index is 0.531. The molecular weight excluding hydrogens is 210 g/mol. The van der Waals surface area contributed by atoms with Gasteiger partial charge in [0.2, 0.25) is 0 Å². The van der Waals surface area contributed by atoms with E-state index in [9.17, 15) is 0 Å². The summed E-state index contributed by atoms with van der Waals surface area (Å²) in [4.78, 5) is 0. The summed E-state index contributed by atoms with van der Waals surface area (Å²) in [5.74, 6) is 1.91. The van der Waals surface area contributed by atoms with Crippen molar-refractivity contribution in [2.45, 2.75) is 38.1 Å². The Bertz CT molecular complexity index is 396. The highest BCUT2D eigenvalue weighted by Gasteiger charge is 2.26. The quantitative estimate of drug-likeness (QED) is 0.863. The maximum Gasteiger partial charge on any atom is 0.122 e. The van der Waals surface area contributed by atoms with E-state index >= 15 is 0 Å². The fourth-order valence-corrected chi connectivity index (χ4v) is 3.37. The molecule has 2 nitrogen and oxygen atoms in total. The van der Waals surface area contributed by atoms with Crippen LogP contribution >= 0.6 is 0 Å². The van der Waals surface area contributed by atoms with Crippen LogP contribution in [-0.4, -0.2) is 13.7 Å². The van der Waals surface area contributed by atoms with Crippen LogP contribution < -0.4 is 10.1 Å². The third kappa shape index (κ3) is 2.06. The van der Waals surface area contributed by atoms with Crippen molar-refractivity contribution in [3.8, 4) is 5.75 Å². The second kappa shape index (κ2) is 4.69. The summed E-state index contributed by atoms with van der Waals surface area (Å²) >= 11 is 0. The summed E-state index contributed by atoms with van der Waals surface area (Å²) in [6.07, 6.45) is 6.62. The van der Waals surface area contributed by atoms with Gasteiger partial charge in [0.25, 0.3) is 0 Å². The van der Waals surface area contributed by atoms with Crippen LogP contribution in [-0.2, 0) is 6.42 Å². The molecular formula is C15H21NO. The largest absolute Gasteiger partial charge is 0.493 e. The van der Waals surface area contributed by atoms with Gasteiger partial charge in [0, 0.05) is 12.5 Å². The highest BCUT2D eigenvalue weighted by molar-refractivity contribution is 5.41. The molecule has 3 rings (SSSR count). The number of nitrogens with one attached hydrogen (secondary N) is 1. The zero-order chi connectivity index (χ0) is 11.7. The van der Waals surface area contributed by atoms with Crippen molar-refractivity contribution in [2.24, 2.45) is 5.92 Å². The Hall–Kier alpha value is -1.02. The second-order valence-electron chi connectivity index (χ2n) is 5.28. The first kappa shape index (κ1) is 11.1. The summed E-state index contributed by atoms with van der Waals surface area (Å²) in [6.45, 7) is 0.854. The summed E-state index contributed by atoms with van der Waals surface area (Å²) in [6, 6.07) is 7.27. The molecule has 0 aromatic heterocycles. The van der Waals surface area contributed by atoms with Crippen LogP contribution in [0.15, 0.2) is 18.2 Å². The first-order chi connectivity index (χ1) is 8.38. The van der Waals surface area contributed by atoms with Gasteiger partial charge in [-0.25, -0.2) is 0 Å². The standard InChI is InChI=1S/C15H21NO/c1-16-15(11-4-2-3-5-11)13-6-7-14-12(10-13)8-9-17-14/h6-7,10-11,15-16H,2-5,8-9H2,1H3. The highest BCUT2D eigenvalue weighted by atomic mass is 16.5. The van der Waals surface area contributed by atoms with E-state index in [4.69, 9.17) is 4.74 Å². The van der Waals surface area contributed by atoms with Gasteiger partial charge in [-0.15, -0.1) is 0 Å². The molecule has 0 bridgehead atoms. The molecule has 1 saturated carbocycles. The second-order valence-corrected chi connectivity index (χ2v) is 5.28. The van der Waals surface area contributed by atoms with E-state index in [2.05, 4.69) is 30.6 Å². The highest BCUT2D eigenvalue weighted by Crippen LogP contribution is 2.37. The molecule has 0 amide bonds. The summed E-state index contributed by atoms with van der Waals surface area (Å²) < 4.78 is 5.57. The van der Waals surface area contributed by atoms with Crippen LogP contribution in [0.1, 0.15) is 42.9 Å². The molecule has 1 aromatic rings. The van der Waals surface area contributed by atoms with Gasteiger partial charge < -0.3 is 10.1 Å². The molecule has 0 spiro atoms. The topological polar surface area (TPSA) is 21.3 Å². The van der Waals surface area contributed by atoms with E-state index in [1.165, 1.54) is 36.8 Å². The minimum Gasteiger partial charge on any atom is -0.493 e. The van der Waals surface area contributed by atoms with E-state index in [0.29, 0.717) is 6.04 Å². The summed E-state index contributed by atoms with van der Waals surface area (Å²) in [7, 11) is 2.09. The number of benzene rings is 1. The first-order valence-electron chi connectivity index (χ1n) is 6.81. The monoisotopic (exact) mass is 231 g/mol. The van der Waals surface area contributed by atoms with Gasteiger partial charge in [-0.1, -0.05) is 25.0 Å². The van der Waals surface area contributed by atoms with Gasteiger partial charge in [0.1, 0.15) is 5.75 Å². The van der Waals surface area contributed by atoms with Gasteiger partial charge in [0.05, 0.1) is 6.61 Å². The molecule has 2 aliphatic rings. The average Bonchev–Trinajstić information content (AvgIpc) is 2.99. The first-order valence-corrected chi connectivity index (χ1v) is 6.81. The molecule has 1 aliphatic heterocycles. The fourth-order valence-electron chi connectivity index (χ4n) is 3.37. The lowest BCUT2D eigenvalue weighted by atomic mass is 9.90. The van der Waals surface area contributed by atoms with Crippen LogP contribution in [0.5, 0.6) is 5.75 Å². The van der Waals surface area contributed by atoms with Gasteiger partial charge >= 0.3 is 0 Å². The smallest absolute Gasteiger partial charge is 0.122 e. The molecule has 17 heavy (non-hydrogen) atoms. The van der Waals surface area contributed by atoms with E-state index in [1.54, 1.807) is 0 Å². The zero-order valence-electron chi connectivity index (χ0n) is 10.5. The van der Waals surface area contributed by atoms with Crippen molar-refractivity contribution in [2.75, 3.05) is 13.7 Å². The number of ether oxygens (including phenoxy) is 1. The Kier molecular flexibility index (Phi) is 3.06. The number of fused-ring (bicyclic) bond motifs is 1. The van der Waals surface area contributed by atoms with Gasteiger partial charge in [-0.2, -0.15) is 0 Å². The molecule has 0 saturated heterocycles. The van der Waals surface area contributed by atoms with Gasteiger partial charge in [-0.3, -0.25) is 0 Å². The lowest BCUT2D eigenvalue weighted by Gasteiger charge is -2.23. The lowest BCUT2D eigenvalue weighted by Crippen LogP contribution is -2.23. The van der Waals surface area contributed by atoms with Crippen molar-refractivity contribution >= 4 is 0 Å². The normalized spacial score (nSPS) is 21.2. The Balaban J connectivity index is 1.85. The fraction of sp³-hybridized carbons (Fsp3) is 0.600. The predicted molar refractivity (Wildman–Crippen MR) is 69.4 cm³/mol. The van der Waals surface area contributed by atoms with Crippen molar-refractivity contribution in [3.05, 3.63) is 29.3 Å². The Morgan fingerprint density at radius 3 is 2.88 bits per heavy atom. The van der Waals surface area contributed by atoms with Crippen LogP contribution in [0.4, 0.5) is 0 Å².